The van der Waals surface area contributed by atoms with Gasteiger partial charge in [0.2, 0.25) is 10.0 Å². The Kier molecular flexibility index (Phi) is 4.25. The molecule has 0 unspecified atom stereocenters. The minimum Gasteiger partial charge on any atom is -0.310 e. The molecule has 0 saturated heterocycles. The molecule has 0 atom stereocenters. The van der Waals surface area contributed by atoms with Crippen molar-refractivity contribution < 1.29 is 8.42 Å². The molecule has 0 fully saturated rings. The third-order valence-electron chi connectivity index (χ3n) is 1.74. The molecule has 1 rings (SSSR count). The zero-order valence-electron chi connectivity index (χ0n) is 8.90. The van der Waals surface area contributed by atoms with Gasteiger partial charge in [-0.1, -0.05) is 0 Å². The zero-order chi connectivity index (χ0) is 11.3. The van der Waals surface area contributed by atoms with Crippen molar-refractivity contribution in [1.29, 1.82) is 0 Å². The molecule has 1 aromatic heterocycles. The molecule has 0 aromatic carbocycles. The van der Waals surface area contributed by atoms with E-state index in [-0.39, 0.29) is 0 Å². The molecule has 0 aliphatic heterocycles. The van der Waals surface area contributed by atoms with Crippen LogP contribution in [0.1, 0.15) is 5.69 Å². The Labute approximate surface area is 89.7 Å². The summed E-state index contributed by atoms with van der Waals surface area (Å²) in [5.41, 5.74) is 0.942. The molecule has 0 saturated carbocycles. The van der Waals surface area contributed by atoms with Gasteiger partial charge in [0.15, 0.2) is 0 Å². The second-order valence-corrected chi connectivity index (χ2v) is 5.16. The lowest BCUT2D eigenvalue weighted by molar-refractivity contribution is 0.580. The maximum atomic E-state index is 10.7. The van der Waals surface area contributed by atoms with Gasteiger partial charge >= 0.3 is 0 Å². The van der Waals surface area contributed by atoms with E-state index < -0.39 is 10.0 Å². The molecule has 0 aliphatic carbocycles. The molecule has 7 heteroatoms. The van der Waals surface area contributed by atoms with Gasteiger partial charge in [-0.3, -0.25) is 4.68 Å². The minimum absolute atomic E-state index is 0.395. The van der Waals surface area contributed by atoms with Crippen LogP contribution in [-0.4, -0.2) is 37.5 Å². The second kappa shape index (κ2) is 5.24. The molecule has 86 valence electrons. The third kappa shape index (κ3) is 5.50. The summed E-state index contributed by atoms with van der Waals surface area (Å²) in [5.74, 6) is 0. The van der Waals surface area contributed by atoms with Crippen molar-refractivity contribution in [2.24, 2.45) is 7.05 Å². The van der Waals surface area contributed by atoms with Crippen molar-refractivity contribution in [2.45, 2.75) is 6.54 Å². The molecular weight excluding hydrogens is 216 g/mol. The Morgan fingerprint density at radius 1 is 1.47 bits per heavy atom. The first-order valence-electron chi connectivity index (χ1n) is 4.61. The van der Waals surface area contributed by atoms with E-state index in [0.29, 0.717) is 19.6 Å². The van der Waals surface area contributed by atoms with Crippen molar-refractivity contribution in [3.05, 3.63) is 18.0 Å². The number of hydrogen-bond donors (Lipinski definition) is 2. The van der Waals surface area contributed by atoms with Gasteiger partial charge in [-0.25, -0.2) is 13.1 Å². The maximum Gasteiger partial charge on any atom is 0.208 e. The first-order chi connectivity index (χ1) is 6.97. The summed E-state index contributed by atoms with van der Waals surface area (Å²) >= 11 is 0. The van der Waals surface area contributed by atoms with E-state index in [1.165, 1.54) is 0 Å². The highest BCUT2D eigenvalue weighted by Crippen LogP contribution is 1.91. The highest BCUT2D eigenvalue weighted by molar-refractivity contribution is 7.88. The van der Waals surface area contributed by atoms with Gasteiger partial charge < -0.3 is 5.32 Å². The lowest BCUT2D eigenvalue weighted by Crippen LogP contribution is -2.30. The predicted octanol–water partition coefficient (Wildman–Crippen LogP) is -0.941. The molecule has 0 aliphatic rings. The lowest BCUT2D eigenvalue weighted by atomic mass is 10.4. The van der Waals surface area contributed by atoms with E-state index in [4.69, 9.17) is 0 Å². The van der Waals surface area contributed by atoms with E-state index in [0.717, 1.165) is 11.9 Å². The Morgan fingerprint density at radius 2 is 2.20 bits per heavy atom. The van der Waals surface area contributed by atoms with Crippen LogP contribution in [0, 0.1) is 0 Å². The van der Waals surface area contributed by atoms with E-state index >= 15 is 0 Å². The molecule has 0 spiro atoms. The standard InChI is InChI=1S/C8H16N4O2S/c1-12-6-3-8(11-12)7-9-4-5-10-15(2,13)14/h3,6,9-10H,4-5,7H2,1-2H3. The van der Waals surface area contributed by atoms with Crippen LogP contribution in [0.3, 0.4) is 0 Å². The van der Waals surface area contributed by atoms with Crippen LogP contribution in [0.4, 0.5) is 0 Å². The van der Waals surface area contributed by atoms with Crippen LogP contribution in [-0.2, 0) is 23.6 Å². The van der Waals surface area contributed by atoms with Crippen LogP contribution in [0.25, 0.3) is 0 Å². The number of aryl methyl sites for hydroxylation is 1. The summed E-state index contributed by atoms with van der Waals surface area (Å²) in [6, 6.07) is 1.91. The zero-order valence-corrected chi connectivity index (χ0v) is 9.71. The van der Waals surface area contributed by atoms with Gasteiger partial charge in [-0.15, -0.1) is 0 Å². The average Bonchev–Trinajstić information content (AvgIpc) is 2.49. The molecule has 6 nitrogen and oxygen atoms in total. The monoisotopic (exact) mass is 232 g/mol. The Hall–Kier alpha value is -0.920. The molecule has 0 bridgehead atoms. The lowest BCUT2D eigenvalue weighted by Gasteiger charge is -2.03. The predicted molar refractivity (Wildman–Crippen MR) is 57.8 cm³/mol. The summed E-state index contributed by atoms with van der Waals surface area (Å²) in [5, 5.41) is 7.26. The van der Waals surface area contributed by atoms with Gasteiger partial charge in [-0.05, 0) is 6.07 Å². The van der Waals surface area contributed by atoms with Crippen molar-refractivity contribution in [1.82, 2.24) is 19.8 Å². The number of aromatic nitrogens is 2. The molecule has 1 heterocycles. The first-order valence-corrected chi connectivity index (χ1v) is 6.50. The van der Waals surface area contributed by atoms with E-state index in [1.54, 1.807) is 4.68 Å². The van der Waals surface area contributed by atoms with Gasteiger partial charge in [0.1, 0.15) is 0 Å². The Bertz CT molecular complexity index is 399. The Morgan fingerprint density at radius 3 is 2.73 bits per heavy atom. The number of nitrogens with zero attached hydrogens (tertiary/aromatic N) is 2. The van der Waals surface area contributed by atoms with E-state index in [9.17, 15) is 8.42 Å². The molecule has 1 aromatic rings. The highest BCUT2D eigenvalue weighted by Gasteiger charge is 1.99. The minimum atomic E-state index is -3.07. The van der Waals surface area contributed by atoms with Crippen molar-refractivity contribution in [3.8, 4) is 0 Å². The summed E-state index contributed by atoms with van der Waals surface area (Å²) in [6.07, 6.45) is 3.01. The average molecular weight is 232 g/mol. The van der Waals surface area contributed by atoms with Crippen LogP contribution < -0.4 is 10.0 Å². The first kappa shape index (κ1) is 12.2. The van der Waals surface area contributed by atoms with Gasteiger partial charge in [0.05, 0.1) is 11.9 Å². The fourth-order valence-corrected chi connectivity index (χ4v) is 1.57. The summed E-state index contributed by atoms with van der Waals surface area (Å²) in [7, 11) is -1.22. The van der Waals surface area contributed by atoms with Crippen molar-refractivity contribution in [3.63, 3.8) is 0 Å². The number of sulfonamides is 1. The quantitative estimate of drug-likeness (QED) is 0.621. The van der Waals surface area contributed by atoms with Gasteiger partial charge in [-0.2, -0.15) is 5.10 Å². The number of hydrogen-bond acceptors (Lipinski definition) is 4. The topological polar surface area (TPSA) is 76.0 Å². The third-order valence-corrected chi connectivity index (χ3v) is 2.47. The highest BCUT2D eigenvalue weighted by atomic mass is 32.2. The van der Waals surface area contributed by atoms with Crippen LogP contribution in [0.15, 0.2) is 12.3 Å². The van der Waals surface area contributed by atoms with Gasteiger partial charge in [0, 0.05) is 32.9 Å². The SMILES string of the molecule is Cn1ccc(CNCCNS(C)(=O)=O)n1. The molecule has 0 amide bonds. The van der Waals surface area contributed by atoms with Crippen LogP contribution >= 0.6 is 0 Å². The number of rotatable bonds is 6. The fourth-order valence-electron chi connectivity index (χ4n) is 1.10. The van der Waals surface area contributed by atoms with E-state index in [2.05, 4.69) is 15.1 Å². The molecular formula is C8H16N4O2S. The fraction of sp³-hybridized carbons (Fsp3) is 0.625. The summed E-state index contributed by atoms with van der Waals surface area (Å²) < 4.78 is 25.6. The van der Waals surface area contributed by atoms with E-state index in [1.807, 2.05) is 19.3 Å². The van der Waals surface area contributed by atoms with Crippen LogP contribution in [0.2, 0.25) is 0 Å². The normalized spacial score (nSPS) is 11.9. The van der Waals surface area contributed by atoms with Gasteiger partial charge in [0.25, 0.3) is 0 Å². The smallest absolute Gasteiger partial charge is 0.208 e. The molecule has 2 N–H and O–H groups in total. The largest absolute Gasteiger partial charge is 0.310 e. The molecule has 15 heavy (non-hydrogen) atoms. The van der Waals surface area contributed by atoms with Crippen molar-refractivity contribution in [2.75, 3.05) is 19.3 Å². The summed E-state index contributed by atoms with van der Waals surface area (Å²) in [6.45, 7) is 1.63. The summed E-state index contributed by atoms with van der Waals surface area (Å²) in [4.78, 5) is 0. The Balaban J connectivity index is 2.12. The second-order valence-electron chi connectivity index (χ2n) is 3.32. The van der Waals surface area contributed by atoms with Crippen LogP contribution in [0.5, 0.6) is 0 Å². The van der Waals surface area contributed by atoms with Crippen molar-refractivity contribution >= 4 is 10.0 Å². The molecule has 0 radical (unpaired) electrons. The maximum absolute atomic E-state index is 10.7. The number of nitrogens with one attached hydrogen (secondary N) is 2.